The van der Waals surface area contributed by atoms with Crippen LogP contribution in [0.4, 0.5) is 11.5 Å². The Morgan fingerprint density at radius 3 is 3.03 bits per heavy atom. The third kappa shape index (κ3) is 4.49. The van der Waals surface area contributed by atoms with Gasteiger partial charge in [0.15, 0.2) is 0 Å². The number of hydrogen-bond acceptors (Lipinski definition) is 6. The number of carbonyl (C=O) groups is 1. The van der Waals surface area contributed by atoms with Gasteiger partial charge in [-0.15, -0.1) is 0 Å². The van der Waals surface area contributed by atoms with Crippen molar-refractivity contribution in [3.05, 3.63) is 47.9 Å². The number of piperidine rings is 1. The van der Waals surface area contributed by atoms with Crippen LogP contribution in [0.15, 0.2) is 42.9 Å². The number of aromatic amines is 1. The van der Waals surface area contributed by atoms with Gasteiger partial charge in [0.05, 0.1) is 11.5 Å². The van der Waals surface area contributed by atoms with Crippen molar-refractivity contribution >= 4 is 40.0 Å². The van der Waals surface area contributed by atoms with Crippen molar-refractivity contribution in [2.24, 2.45) is 0 Å². The Bertz CT molecular complexity index is 1020. The van der Waals surface area contributed by atoms with Crippen molar-refractivity contribution in [2.75, 3.05) is 23.3 Å². The molecule has 1 aliphatic rings. The van der Waals surface area contributed by atoms with Crippen molar-refractivity contribution in [3.8, 4) is 0 Å². The fraction of sp³-hybridized carbons (Fsp3) is 0.381. The molecular formula is C21H25ClN6O2. The molecule has 1 aromatic carbocycles. The van der Waals surface area contributed by atoms with Crippen molar-refractivity contribution in [3.63, 3.8) is 0 Å². The first kappa shape index (κ1) is 20.4. The Hall–Kier alpha value is -2.84. The van der Waals surface area contributed by atoms with E-state index in [-0.39, 0.29) is 11.9 Å². The molecule has 8 nitrogen and oxygen atoms in total. The Labute approximate surface area is 179 Å². The highest BCUT2D eigenvalue weighted by Gasteiger charge is 2.29. The summed E-state index contributed by atoms with van der Waals surface area (Å²) in [5.74, 6) is 0.621. The average Bonchev–Trinajstić information content (AvgIpc) is 3.21. The number of benzene rings is 1. The summed E-state index contributed by atoms with van der Waals surface area (Å²) in [6.45, 7) is 3.11. The van der Waals surface area contributed by atoms with Gasteiger partial charge in [-0.05, 0) is 44.0 Å². The van der Waals surface area contributed by atoms with E-state index in [4.69, 9.17) is 11.6 Å². The van der Waals surface area contributed by atoms with Gasteiger partial charge in [0, 0.05) is 36.0 Å². The molecule has 4 N–H and O–H groups in total. The number of amides is 1. The van der Waals surface area contributed by atoms with E-state index >= 15 is 0 Å². The summed E-state index contributed by atoms with van der Waals surface area (Å²) in [4.78, 5) is 26.9. The Morgan fingerprint density at radius 2 is 2.23 bits per heavy atom. The maximum absolute atomic E-state index is 12.9. The highest BCUT2D eigenvalue weighted by molar-refractivity contribution is 6.30. The zero-order valence-electron chi connectivity index (χ0n) is 16.7. The predicted octanol–water partition coefficient (Wildman–Crippen LogP) is 2.56. The molecule has 3 aromatic rings. The van der Waals surface area contributed by atoms with Crippen LogP contribution in [-0.4, -0.2) is 57.2 Å². The molecule has 0 saturated carbocycles. The van der Waals surface area contributed by atoms with Crippen LogP contribution in [0.3, 0.4) is 0 Å². The number of nitrogens with one attached hydrogen (secondary N) is 3. The molecule has 4 rings (SSSR count). The number of aliphatic hydroxyl groups is 1. The van der Waals surface area contributed by atoms with Crippen LogP contribution in [0, 0.1) is 0 Å². The number of halogens is 1. The summed E-state index contributed by atoms with van der Waals surface area (Å²) in [7, 11) is 0. The minimum atomic E-state index is -0.870. The molecule has 30 heavy (non-hydrogen) atoms. The molecule has 3 atom stereocenters. The number of nitrogens with zero attached hydrogens (tertiary/aromatic N) is 3. The van der Waals surface area contributed by atoms with E-state index in [0.717, 1.165) is 36.2 Å². The van der Waals surface area contributed by atoms with Crippen LogP contribution >= 0.6 is 11.6 Å². The maximum Gasteiger partial charge on any atom is 0.245 e. The molecule has 1 amide bonds. The number of H-pyrrole nitrogens is 1. The minimum absolute atomic E-state index is 0.0439. The van der Waals surface area contributed by atoms with Crippen LogP contribution in [0.5, 0.6) is 0 Å². The zero-order chi connectivity index (χ0) is 21.1. The van der Waals surface area contributed by atoms with Gasteiger partial charge in [-0.3, -0.25) is 4.79 Å². The average molecular weight is 429 g/mol. The van der Waals surface area contributed by atoms with E-state index in [0.29, 0.717) is 17.3 Å². The Morgan fingerprint density at radius 1 is 1.37 bits per heavy atom. The van der Waals surface area contributed by atoms with Crippen molar-refractivity contribution in [1.82, 2.24) is 20.3 Å². The van der Waals surface area contributed by atoms with Crippen LogP contribution in [0.2, 0.25) is 5.02 Å². The van der Waals surface area contributed by atoms with Gasteiger partial charge in [0.1, 0.15) is 23.8 Å². The highest BCUT2D eigenvalue weighted by Crippen LogP contribution is 2.25. The van der Waals surface area contributed by atoms with Crippen LogP contribution < -0.4 is 15.5 Å². The molecule has 1 saturated heterocycles. The second-order valence-electron chi connectivity index (χ2n) is 7.60. The molecule has 9 heteroatoms. The van der Waals surface area contributed by atoms with E-state index in [1.54, 1.807) is 31.5 Å². The molecule has 0 radical (unpaired) electrons. The number of hydrogen-bond donors (Lipinski definition) is 4. The van der Waals surface area contributed by atoms with Gasteiger partial charge in [0.2, 0.25) is 5.91 Å². The molecule has 0 aliphatic carbocycles. The molecule has 0 bridgehead atoms. The first-order valence-electron chi connectivity index (χ1n) is 10.0. The first-order valence-corrected chi connectivity index (χ1v) is 10.4. The number of anilines is 2. The SMILES string of the molecule is C[C@H](O)[C@@H](Nc1cccc(Cl)c1)C(=O)N[C@@H]1CCCN(c2ncnc3[nH]ccc23)C1. The topological polar surface area (TPSA) is 106 Å². The van der Waals surface area contributed by atoms with Crippen molar-refractivity contribution < 1.29 is 9.90 Å². The maximum atomic E-state index is 12.9. The standard InChI is InChI=1S/C21H25ClN6O2/c1-13(29)18(26-15-5-2-4-14(22)10-15)21(30)27-16-6-3-9-28(11-16)20-17-7-8-23-19(17)24-12-25-20/h2,4-5,7-8,10,12-13,16,18,26,29H,3,6,9,11H2,1H3,(H,27,30)(H,23,24,25)/t13-,16+,18+/m0/s1. The number of rotatable bonds is 6. The molecule has 1 aliphatic heterocycles. The van der Waals surface area contributed by atoms with Gasteiger partial charge >= 0.3 is 0 Å². The second-order valence-corrected chi connectivity index (χ2v) is 8.04. The van der Waals surface area contributed by atoms with E-state index in [2.05, 4.69) is 30.5 Å². The summed E-state index contributed by atoms with van der Waals surface area (Å²) in [6.07, 6.45) is 4.33. The van der Waals surface area contributed by atoms with E-state index in [9.17, 15) is 9.90 Å². The fourth-order valence-electron chi connectivity index (χ4n) is 3.85. The number of carbonyl (C=O) groups excluding carboxylic acids is 1. The predicted molar refractivity (Wildman–Crippen MR) is 118 cm³/mol. The van der Waals surface area contributed by atoms with Gasteiger partial charge in [-0.1, -0.05) is 17.7 Å². The summed E-state index contributed by atoms with van der Waals surface area (Å²) in [5.41, 5.74) is 1.48. The van der Waals surface area contributed by atoms with Gasteiger partial charge in [-0.2, -0.15) is 0 Å². The quantitative estimate of drug-likeness (QED) is 0.480. The van der Waals surface area contributed by atoms with E-state index < -0.39 is 12.1 Å². The molecule has 0 unspecified atom stereocenters. The summed E-state index contributed by atoms with van der Waals surface area (Å²) < 4.78 is 0. The van der Waals surface area contributed by atoms with E-state index in [1.807, 2.05) is 18.3 Å². The highest BCUT2D eigenvalue weighted by atomic mass is 35.5. The lowest BCUT2D eigenvalue weighted by molar-refractivity contribution is -0.124. The lowest BCUT2D eigenvalue weighted by Gasteiger charge is -2.35. The summed E-state index contributed by atoms with van der Waals surface area (Å²) >= 11 is 6.03. The van der Waals surface area contributed by atoms with Crippen LogP contribution in [0.25, 0.3) is 11.0 Å². The normalized spacial score (nSPS) is 18.8. The molecule has 3 heterocycles. The van der Waals surface area contributed by atoms with Gasteiger partial charge < -0.3 is 25.6 Å². The first-order chi connectivity index (χ1) is 14.5. The van der Waals surface area contributed by atoms with Gasteiger partial charge in [0.25, 0.3) is 0 Å². The van der Waals surface area contributed by atoms with Gasteiger partial charge in [-0.25, -0.2) is 9.97 Å². The van der Waals surface area contributed by atoms with E-state index in [1.165, 1.54) is 0 Å². The number of aliphatic hydroxyl groups excluding tert-OH is 1. The van der Waals surface area contributed by atoms with Crippen LogP contribution in [-0.2, 0) is 4.79 Å². The number of fused-ring (bicyclic) bond motifs is 1. The molecule has 1 fully saturated rings. The zero-order valence-corrected chi connectivity index (χ0v) is 17.4. The molecule has 2 aromatic heterocycles. The summed E-state index contributed by atoms with van der Waals surface area (Å²) in [5, 5.41) is 17.9. The third-order valence-electron chi connectivity index (χ3n) is 5.31. The monoisotopic (exact) mass is 428 g/mol. The minimum Gasteiger partial charge on any atom is -0.391 e. The summed E-state index contributed by atoms with van der Waals surface area (Å²) in [6, 6.07) is 8.23. The molecule has 0 spiro atoms. The number of aromatic nitrogens is 3. The second kappa shape index (κ2) is 8.89. The Balaban J connectivity index is 1.44. The molecule has 158 valence electrons. The molecular weight excluding hydrogens is 404 g/mol. The van der Waals surface area contributed by atoms with Crippen molar-refractivity contribution in [1.29, 1.82) is 0 Å². The fourth-order valence-corrected chi connectivity index (χ4v) is 4.04. The smallest absolute Gasteiger partial charge is 0.245 e. The Kier molecular flexibility index (Phi) is 6.06. The van der Waals surface area contributed by atoms with Crippen molar-refractivity contribution in [2.45, 2.75) is 38.0 Å². The largest absolute Gasteiger partial charge is 0.391 e. The third-order valence-corrected chi connectivity index (χ3v) is 5.55. The lowest BCUT2D eigenvalue weighted by Crippen LogP contribution is -2.54. The van der Waals surface area contributed by atoms with Crippen LogP contribution in [0.1, 0.15) is 19.8 Å². The lowest BCUT2D eigenvalue weighted by atomic mass is 10.0.